The van der Waals surface area contributed by atoms with E-state index in [1.165, 1.54) is 12.8 Å². The molecule has 1 rings (SSSR count). The molecule has 2 N–H and O–H groups in total. The third-order valence-electron chi connectivity index (χ3n) is 2.36. The predicted molar refractivity (Wildman–Crippen MR) is 51.8 cm³/mol. The van der Waals surface area contributed by atoms with Gasteiger partial charge in [-0.05, 0) is 19.3 Å². The van der Waals surface area contributed by atoms with Crippen molar-refractivity contribution in [1.82, 2.24) is 5.32 Å². The molecule has 4 heteroatoms. The van der Waals surface area contributed by atoms with Gasteiger partial charge < -0.3 is 10.4 Å². The van der Waals surface area contributed by atoms with Crippen molar-refractivity contribution in [2.24, 2.45) is 5.92 Å². The molecule has 1 aliphatic rings. The van der Waals surface area contributed by atoms with Gasteiger partial charge in [0.15, 0.2) is 0 Å². The van der Waals surface area contributed by atoms with Gasteiger partial charge in [-0.1, -0.05) is 12.8 Å². The van der Waals surface area contributed by atoms with E-state index in [1.807, 2.05) is 0 Å². The first-order valence-electron chi connectivity index (χ1n) is 5.09. The van der Waals surface area contributed by atoms with Crippen LogP contribution in [0.4, 0.5) is 0 Å². The van der Waals surface area contributed by atoms with Gasteiger partial charge in [0.05, 0.1) is 6.42 Å². The molecule has 80 valence electrons. The number of rotatable bonds is 6. The van der Waals surface area contributed by atoms with E-state index in [4.69, 9.17) is 5.11 Å². The van der Waals surface area contributed by atoms with E-state index in [-0.39, 0.29) is 18.4 Å². The van der Waals surface area contributed by atoms with Gasteiger partial charge in [-0.3, -0.25) is 9.59 Å². The van der Waals surface area contributed by atoms with Gasteiger partial charge in [0.2, 0.25) is 5.91 Å². The topological polar surface area (TPSA) is 66.4 Å². The van der Waals surface area contributed by atoms with Gasteiger partial charge >= 0.3 is 5.97 Å². The van der Waals surface area contributed by atoms with Crippen LogP contribution in [0.15, 0.2) is 0 Å². The Morgan fingerprint density at radius 2 is 2.14 bits per heavy atom. The molecule has 4 nitrogen and oxygen atoms in total. The molecule has 0 bridgehead atoms. The quantitative estimate of drug-likeness (QED) is 0.674. The molecular weight excluding hydrogens is 182 g/mol. The maximum atomic E-state index is 11.3. The summed E-state index contributed by atoms with van der Waals surface area (Å²) in [4.78, 5) is 21.6. The molecule has 0 aromatic rings. The van der Waals surface area contributed by atoms with E-state index in [0.29, 0.717) is 6.42 Å². The fraction of sp³-hybridized carbons (Fsp3) is 0.800. The average molecular weight is 199 g/mol. The zero-order valence-corrected chi connectivity index (χ0v) is 8.45. The minimum Gasteiger partial charge on any atom is -0.481 e. The normalized spacial score (nSPS) is 17.5. The van der Waals surface area contributed by atoms with Crippen molar-refractivity contribution >= 4 is 11.9 Å². The summed E-state index contributed by atoms with van der Waals surface area (Å²) in [7, 11) is 0. The van der Waals surface area contributed by atoms with Crippen LogP contribution >= 0.6 is 0 Å². The molecule has 1 fully saturated rings. The summed E-state index contributed by atoms with van der Waals surface area (Å²) >= 11 is 0. The van der Waals surface area contributed by atoms with Crippen LogP contribution in [0.3, 0.4) is 0 Å². The monoisotopic (exact) mass is 199 g/mol. The first kappa shape index (κ1) is 11.0. The van der Waals surface area contributed by atoms with Crippen LogP contribution < -0.4 is 5.32 Å². The second-order valence-electron chi connectivity index (χ2n) is 4.05. The van der Waals surface area contributed by atoms with Crippen LogP contribution in [0, 0.1) is 5.92 Å². The van der Waals surface area contributed by atoms with Crippen LogP contribution in [-0.4, -0.2) is 23.0 Å². The second kappa shape index (κ2) is 4.98. The molecular formula is C10H17NO3. The molecule has 1 saturated carbocycles. The molecule has 0 heterocycles. The van der Waals surface area contributed by atoms with Gasteiger partial charge in [-0.2, -0.15) is 0 Å². The fourth-order valence-corrected chi connectivity index (χ4v) is 1.40. The molecule has 0 spiro atoms. The third-order valence-corrected chi connectivity index (χ3v) is 2.36. The lowest BCUT2D eigenvalue weighted by Gasteiger charge is -2.10. The SMILES string of the molecule is CC(CC(=O)O)NC(=O)CCC1CC1. The largest absolute Gasteiger partial charge is 0.481 e. The summed E-state index contributed by atoms with van der Waals surface area (Å²) in [5.41, 5.74) is 0. The van der Waals surface area contributed by atoms with Crippen LogP contribution in [0.5, 0.6) is 0 Å². The zero-order chi connectivity index (χ0) is 10.6. The highest BCUT2D eigenvalue weighted by atomic mass is 16.4. The lowest BCUT2D eigenvalue weighted by Crippen LogP contribution is -2.34. The Bertz CT molecular complexity index is 223. The van der Waals surface area contributed by atoms with Crippen molar-refractivity contribution in [3.63, 3.8) is 0 Å². The minimum absolute atomic E-state index is 0.00479. The van der Waals surface area contributed by atoms with E-state index >= 15 is 0 Å². The fourth-order valence-electron chi connectivity index (χ4n) is 1.40. The Labute approximate surface area is 83.7 Å². The molecule has 0 radical (unpaired) electrons. The summed E-state index contributed by atoms with van der Waals surface area (Å²) in [6.45, 7) is 1.71. The Balaban J connectivity index is 2.08. The van der Waals surface area contributed by atoms with E-state index in [0.717, 1.165) is 12.3 Å². The highest BCUT2D eigenvalue weighted by molar-refractivity contribution is 5.77. The van der Waals surface area contributed by atoms with Gasteiger partial charge in [0.1, 0.15) is 0 Å². The Hall–Kier alpha value is -1.06. The molecule has 0 saturated heterocycles. The van der Waals surface area contributed by atoms with Gasteiger partial charge in [0, 0.05) is 12.5 Å². The van der Waals surface area contributed by atoms with Crippen molar-refractivity contribution < 1.29 is 14.7 Å². The van der Waals surface area contributed by atoms with E-state index < -0.39 is 5.97 Å². The van der Waals surface area contributed by atoms with Crippen LogP contribution in [0.1, 0.15) is 39.0 Å². The molecule has 1 atom stereocenters. The molecule has 1 aliphatic carbocycles. The Morgan fingerprint density at radius 1 is 1.50 bits per heavy atom. The Morgan fingerprint density at radius 3 is 2.64 bits per heavy atom. The smallest absolute Gasteiger partial charge is 0.305 e. The Kier molecular flexibility index (Phi) is 3.92. The number of aliphatic carboxylic acids is 1. The summed E-state index contributed by atoms with van der Waals surface area (Å²) in [5.74, 6) is -0.152. The number of amides is 1. The summed E-state index contributed by atoms with van der Waals surface area (Å²) < 4.78 is 0. The number of carbonyl (C=O) groups is 2. The number of hydrogen-bond acceptors (Lipinski definition) is 2. The number of nitrogens with one attached hydrogen (secondary N) is 1. The standard InChI is InChI=1S/C10H17NO3/c1-7(6-10(13)14)11-9(12)5-4-8-2-3-8/h7-8H,2-6H2,1H3,(H,11,12)(H,13,14). The van der Waals surface area contributed by atoms with Gasteiger partial charge in [-0.25, -0.2) is 0 Å². The highest BCUT2D eigenvalue weighted by Crippen LogP contribution is 2.33. The summed E-state index contributed by atoms with van der Waals surface area (Å²) in [5, 5.41) is 11.1. The van der Waals surface area contributed by atoms with Crippen molar-refractivity contribution in [2.45, 2.75) is 45.1 Å². The summed E-state index contributed by atoms with van der Waals surface area (Å²) in [6.07, 6.45) is 3.98. The van der Waals surface area contributed by atoms with Crippen molar-refractivity contribution in [3.8, 4) is 0 Å². The van der Waals surface area contributed by atoms with E-state index in [1.54, 1.807) is 6.92 Å². The third kappa shape index (κ3) is 4.84. The van der Waals surface area contributed by atoms with Crippen LogP contribution in [-0.2, 0) is 9.59 Å². The van der Waals surface area contributed by atoms with Crippen LogP contribution in [0.25, 0.3) is 0 Å². The molecule has 14 heavy (non-hydrogen) atoms. The lowest BCUT2D eigenvalue weighted by atomic mass is 10.2. The lowest BCUT2D eigenvalue weighted by molar-refractivity contribution is -0.137. The van der Waals surface area contributed by atoms with Crippen molar-refractivity contribution in [2.75, 3.05) is 0 Å². The minimum atomic E-state index is -0.875. The number of carboxylic acid groups (broad SMARTS) is 1. The molecule has 0 aromatic heterocycles. The van der Waals surface area contributed by atoms with Gasteiger partial charge in [-0.15, -0.1) is 0 Å². The zero-order valence-electron chi connectivity index (χ0n) is 8.45. The van der Waals surface area contributed by atoms with Crippen molar-refractivity contribution in [1.29, 1.82) is 0 Å². The molecule has 0 aromatic carbocycles. The first-order chi connectivity index (χ1) is 6.58. The number of carboxylic acids is 1. The van der Waals surface area contributed by atoms with E-state index in [2.05, 4.69) is 5.32 Å². The number of carbonyl (C=O) groups excluding carboxylic acids is 1. The maximum absolute atomic E-state index is 11.3. The predicted octanol–water partition coefficient (Wildman–Crippen LogP) is 1.16. The number of hydrogen-bond donors (Lipinski definition) is 2. The van der Waals surface area contributed by atoms with Crippen LogP contribution in [0.2, 0.25) is 0 Å². The molecule has 1 amide bonds. The van der Waals surface area contributed by atoms with Gasteiger partial charge in [0.25, 0.3) is 0 Å². The highest BCUT2D eigenvalue weighted by Gasteiger charge is 2.22. The first-order valence-corrected chi connectivity index (χ1v) is 5.09. The second-order valence-corrected chi connectivity index (χ2v) is 4.05. The molecule has 0 aliphatic heterocycles. The van der Waals surface area contributed by atoms with E-state index in [9.17, 15) is 9.59 Å². The summed E-state index contributed by atoms with van der Waals surface area (Å²) in [6, 6.07) is -0.265. The average Bonchev–Trinajstić information content (AvgIpc) is 2.81. The maximum Gasteiger partial charge on any atom is 0.305 e. The van der Waals surface area contributed by atoms with Crippen molar-refractivity contribution in [3.05, 3.63) is 0 Å². The molecule has 1 unspecified atom stereocenters.